The van der Waals surface area contributed by atoms with Crippen LogP contribution in [0.1, 0.15) is 51.5 Å². The lowest BCUT2D eigenvalue weighted by Gasteiger charge is -2.17. The molecular formula is C20H33NO4. The van der Waals surface area contributed by atoms with Gasteiger partial charge < -0.3 is 19.5 Å². The molecule has 142 valence electrons. The smallest absolute Gasteiger partial charge is 0.220 e. The normalized spacial score (nSPS) is 11.7. The van der Waals surface area contributed by atoms with Crippen molar-refractivity contribution in [2.45, 2.75) is 52.4 Å². The molecule has 0 spiro atoms. The van der Waals surface area contributed by atoms with Crippen molar-refractivity contribution in [1.29, 1.82) is 0 Å². The van der Waals surface area contributed by atoms with Crippen LogP contribution in [0.5, 0.6) is 17.2 Å². The maximum Gasteiger partial charge on any atom is 0.220 e. The molecule has 1 aromatic carbocycles. The Morgan fingerprint density at radius 2 is 1.80 bits per heavy atom. The van der Waals surface area contributed by atoms with E-state index in [-0.39, 0.29) is 5.91 Å². The topological polar surface area (TPSA) is 56.8 Å². The average molecular weight is 351 g/mol. The molecule has 0 aromatic heterocycles. The van der Waals surface area contributed by atoms with Gasteiger partial charge in [-0.05, 0) is 30.4 Å². The first kappa shape index (κ1) is 21.1. The van der Waals surface area contributed by atoms with Gasteiger partial charge in [0.2, 0.25) is 11.7 Å². The lowest BCUT2D eigenvalue weighted by Crippen LogP contribution is -2.29. The number of carbonyl (C=O) groups excluding carboxylic acids is 1. The zero-order valence-electron chi connectivity index (χ0n) is 16.3. The second kappa shape index (κ2) is 11.6. The van der Waals surface area contributed by atoms with Crippen molar-refractivity contribution in [3.8, 4) is 17.2 Å². The van der Waals surface area contributed by atoms with Crippen molar-refractivity contribution < 1.29 is 19.0 Å². The number of benzene rings is 1. The van der Waals surface area contributed by atoms with E-state index in [0.29, 0.717) is 36.0 Å². The number of rotatable bonds is 12. The summed E-state index contributed by atoms with van der Waals surface area (Å²) in [5.41, 5.74) is 0.938. The van der Waals surface area contributed by atoms with Crippen LogP contribution in [0, 0.1) is 5.92 Å². The largest absolute Gasteiger partial charge is 0.493 e. The van der Waals surface area contributed by atoms with E-state index in [2.05, 4.69) is 19.2 Å². The second-order valence-corrected chi connectivity index (χ2v) is 6.21. The van der Waals surface area contributed by atoms with E-state index in [1.807, 2.05) is 12.1 Å². The summed E-state index contributed by atoms with van der Waals surface area (Å²) in [6, 6.07) is 3.76. The monoisotopic (exact) mass is 351 g/mol. The van der Waals surface area contributed by atoms with E-state index in [1.54, 1.807) is 21.3 Å². The fourth-order valence-corrected chi connectivity index (χ4v) is 2.90. The summed E-state index contributed by atoms with van der Waals surface area (Å²) in [5, 5.41) is 3.07. The minimum absolute atomic E-state index is 0.0757. The van der Waals surface area contributed by atoms with Crippen LogP contribution in [0.2, 0.25) is 0 Å². The van der Waals surface area contributed by atoms with Gasteiger partial charge in [-0.15, -0.1) is 0 Å². The molecule has 0 aliphatic carbocycles. The Balaban J connectivity index is 2.61. The van der Waals surface area contributed by atoms with Gasteiger partial charge in [-0.2, -0.15) is 0 Å². The Kier molecular flexibility index (Phi) is 9.81. The van der Waals surface area contributed by atoms with E-state index in [1.165, 1.54) is 19.3 Å². The van der Waals surface area contributed by atoms with Crippen LogP contribution in [-0.2, 0) is 11.2 Å². The Morgan fingerprint density at radius 1 is 1.08 bits per heavy atom. The molecule has 0 fully saturated rings. The highest BCUT2D eigenvalue weighted by Gasteiger charge is 2.16. The van der Waals surface area contributed by atoms with Crippen molar-refractivity contribution in [3.05, 3.63) is 17.7 Å². The van der Waals surface area contributed by atoms with Crippen molar-refractivity contribution >= 4 is 5.91 Å². The molecule has 1 atom stereocenters. The van der Waals surface area contributed by atoms with Gasteiger partial charge in [0.15, 0.2) is 11.5 Å². The van der Waals surface area contributed by atoms with Crippen LogP contribution in [0.15, 0.2) is 12.1 Å². The zero-order chi connectivity index (χ0) is 18.7. The Morgan fingerprint density at radius 3 is 2.36 bits per heavy atom. The molecule has 0 bridgehead atoms. The number of ether oxygens (including phenoxy) is 3. The summed E-state index contributed by atoms with van der Waals surface area (Å²) < 4.78 is 16.1. The fraction of sp³-hybridized carbons (Fsp3) is 0.650. The molecule has 1 rings (SSSR count). The predicted molar refractivity (Wildman–Crippen MR) is 101 cm³/mol. The van der Waals surface area contributed by atoms with E-state index in [4.69, 9.17) is 14.2 Å². The van der Waals surface area contributed by atoms with Crippen LogP contribution in [0.4, 0.5) is 0 Å². The van der Waals surface area contributed by atoms with Gasteiger partial charge in [-0.3, -0.25) is 4.79 Å². The quantitative estimate of drug-likeness (QED) is 0.619. The molecule has 5 nitrogen and oxygen atoms in total. The third-order valence-corrected chi connectivity index (χ3v) is 4.54. The summed E-state index contributed by atoms with van der Waals surface area (Å²) in [4.78, 5) is 12.2. The first-order valence-electron chi connectivity index (χ1n) is 9.15. The van der Waals surface area contributed by atoms with E-state index in [9.17, 15) is 4.79 Å². The summed E-state index contributed by atoms with van der Waals surface area (Å²) in [6.45, 7) is 5.14. The highest BCUT2D eigenvalue weighted by Crippen LogP contribution is 2.40. The van der Waals surface area contributed by atoms with Gasteiger partial charge in [0.25, 0.3) is 0 Å². The molecule has 1 unspecified atom stereocenters. The summed E-state index contributed by atoms with van der Waals surface area (Å²) in [7, 11) is 4.77. The standard InChI is InChI=1S/C20H33NO4/c1-6-8-9-15(7-2)14-21-18(22)13-11-16-10-12-17(23-3)20(25-5)19(16)24-4/h10,12,15H,6-9,11,13-14H2,1-5H3,(H,21,22). The number of unbranched alkanes of at least 4 members (excludes halogenated alkanes) is 1. The second-order valence-electron chi connectivity index (χ2n) is 6.21. The van der Waals surface area contributed by atoms with Crippen LogP contribution in [0.25, 0.3) is 0 Å². The highest BCUT2D eigenvalue weighted by molar-refractivity contribution is 5.76. The average Bonchev–Trinajstić information content (AvgIpc) is 2.65. The Labute approximate surface area is 152 Å². The first-order chi connectivity index (χ1) is 12.1. The third-order valence-electron chi connectivity index (χ3n) is 4.54. The third kappa shape index (κ3) is 6.48. The van der Waals surface area contributed by atoms with Crippen LogP contribution >= 0.6 is 0 Å². The fourth-order valence-electron chi connectivity index (χ4n) is 2.90. The van der Waals surface area contributed by atoms with Gasteiger partial charge in [-0.25, -0.2) is 0 Å². The van der Waals surface area contributed by atoms with Crippen molar-refractivity contribution in [1.82, 2.24) is 5.32 Å². The molecule has 0 aliphatic rings. The van der Waals surface area contributed by atoms with E-state index in [0.717, 1.165) is 18.5 Å². The maximum absolute atomic E-state index is 12.2. The molecule has 0 saturated heterocycles. The van der Waals surface area contributed by atoms with Gasteiger partial charge in [0, 0.05) is 13.0 Å². The molecule has 1 aromatic rings. The van der Waals surface area contributed by atoms with Gasteiger partial charge in [-0.1, -0.05) is 39.2 Å². The molecule has 0 radical (unpaired) electrons. The Hall–Kier alpha value is -1.91. The van der Waals surface area contributed by atoms with Gasteiger partial charge in [0.1, 0.15) is 0 Å². The van der Waals surface area contributed by atoms with E-state index < -0.39 is 0 Å². The summed E-state index contributed by atoms with van der Waals surface area (Å²) in [6.07, 6.45) is 5.72. The lowest BCUT2D eigenvalue weighted by molar-refractivity contribution is -0.121. The number of aryl methyl sites for hydroxylation is 1. The molecule has 5 heteroatoms. The van der Waals surface area contributed by atoms with Gasteiger partial charge in [0.05, 0.1) is 21.3 Å². The number of methoxy groups -OCH3 is 3. The molecule has 1 N–H and O–H groups in total. The van der Waals surface area contributed by atoms with Crippen molar-refractivity contribution in [2.75, 3.05) is 27.9 Å². The molecule has 0 aliphatic heterocycles. The van der Waals surface area contributed by atoms with Crippen molar-refractivity contribution in [3.63, 3.8) is 0 Å². The molecule has 0 heterocycles. The van der Waals surface area contributed by atoms with Gasteiger partial charge >= 0.3 is 0 Å². The zero-order valence-corrected chi connectivity index (χ0v) is 16.3. The van der Waals surface area contributed by atoms with Crippen LogP contribution < -0.4 is 19.5 Å². The number of hydrogen-bond donors (Lipinski definition) is 1. The molecule has 1 amide bonds. The van der Waals surface area contributed by atoms with Crippen molar-refractivity contribution in [2.24, 2.45) is 5.92 Å². The number of carbonyl (C=O) groups is 1. The maximum atomic E-state index is 12.2. The minimum Gasteiger partial charge on any atom is -0.493 e. The van der Waals surface area contributed by atoms with Crippen LogP contribution in [0.3, 0.4) is 0 Å². The number of nitrogens with one attached hydrogen (secondary N) is 1. The molecule has 25 heavy (non-hydrogen) atoms. The lowest BCUT2D eigenvalue weighted by atomic mass is 9.99. The van der Waals surface area contributed by atoms with E-state index >= 15 is 0 Å². The minimum atomic E-state index is 0.0757. The number of amides is 1. The SMILES string of the molecule is CCCCC(CC)CNC(=O)CCc1ccc(OC)c(OC)c1OC. The van der Waals surface area contributed by atoms with Crippen LogP contribution in [-0.4, -0.2) is 33.8 Å². The summed E-state index contributed by atoms with van der Waals surface area (Å²) in [5.74, 6) is 2.46. The summed E-state index contributed by atoms with van der Waals surface area (Å²) >= 11 is 0. The first-order valence-corrected chi connectivity index (χ1v) is 9.15. The molecular weight excluding hydrogens is 318 g/mol. The molecule has 0 saturated carbocycles. The predicted octanol–water partition coefficient (Wildman–Crippen LogP) is 3.98. The highest BCUT2D eigenvalue weighted by atomic mass is 16.5. The number of hydrogen-bond acceptors (Lipinski definition) is 4. The Bertz CT molecular complexity index is 531.